The second-order valence-electron chi connectivity index (χ2n) is 8.43. The zero-order chi connectivity index (χ0) is 25.2. The van der Waals surface area contributed by atoms with Gasteiger partial charge < -0.3 is 9.80 Å². The second kappa shape index (κ2) is 9.87. The molecule has 0 unspecified atom stereocenters. The molecular formula is C26H26FN3O4S. The van der Waals surface area contributed by atoms with Crippen LogP contribution in [0.1, 0.15) is 26.3 Å². The Labute approximate surface area is 204 Å². The number of halogens is 1. The number of hydrogen-bond acceptors (Lipinski definition) is 4. The first-order valence-corrected chi connectivity index (χ1v) is 12.6. The molecule has 0 bridgehead atoms. The van der Waals surface area contributed by atoms with Crippen LogP contribution in [-0.4, -0.2) is 63.3 Å². The third-order valence-electron chi connectivity index (χ3n) is 6.08. The van der Waals surface area contributed by atoms with Gasteiger partial charge in [0.2, 0.25) is 0 Å². The van der Waals surface area contributed by atoms with E-state index in [0.717, 1.165) is 5.56 Å². The van der Waals surface area contributed by atoms with Crippen molar-refractivity contribution in [2.24, 2.45) is 0 Å². The number of nitrogens with zero attached hydrogens (tertiary/aromatic N) is 3. The predicted octanol–water partition coefficient (Wildman–Crippen LogP) is 3.56. The average Bonchev–Trinajstić information content (AvgIpc) is 2.88. The summed E-state index contributed by atoms with van der Waals surface area (Å²) in [5.41, 5.74) is 2.12. The molecule has 182 valence electrons. The fourth-order valence-electron chi connectivity index (χ4n) is 3.92. The Kier molecular flexibility index (Phi) is 6.88. The Balaban J connectivity index is 1.39. The van der Waals surface area contributed by atoms with Gasteiger partial charge in [0.15, 0.2) is 0 Å². The third-order valence-corrected chi connectivity index (χ3v) is 7.88. The highest BCUT2D eigenvalue weighted by Crippen LogP contribution is 2.23. The van der Waals surface area contributed by atoms with E-state index >= 15 is 0 Å². The van der Waals surface area contributed by atoms with Crippen LogP contribution in [0.3, 0.4) is 0 Å². The predicted molar refractivity (Wildman–Crippen MR) is 131 cm³/mol. The molecule has 0 aromatic heterocycles. The Bertz CT molecular complexity index is 1330. The van der Waals surface area contributed by atoms with Gasteiger partial charge in [0, 0.05) is 44.4 Å². The lowest BCUT2D eigenvalue weighted by molar-refractivity contribution is 0.0535. The summed E-state index contributed by atoms with van der Waals surface area (Å²) in [6.45, 7) is 3.28. The number of rotatable bonds is 5. The van der Waals surface area contributed by atoms with Crippen LogP contribution in [0.5, 0.6) is 0 Å². The van der Waals surface area contributed by atoms with E-state index in [2.05, 4.69) is 0 Å². The van der Waals surface area contributed by atoms with E-state index in [1.807, 2.05) is 6.92 Å². The fraction of sp³-hybridized carbons (Fsp3) is 0.231. The van der Waals surface area contributed by atoms with Gasteiger partial charge in [-0.1, -0.05) is 23.8 Å². The van der Waals surface area contributed by atoms with Crippen LogP contribution in [0, 0.1) is 12.7 Å². The van der Waals surface area contributed by atoms with Gasteiger partial charge in [0.1, 0.15) is 5.82 Å². The summed E-state index contributed by atoms with van der Waals surface area (Å²) in [6.07, 6.45) is 0. The highest BCUT2D eigenvalue weighted by Gasteiger charge is 2.26. The van der Waals surface area contributed by atoms with Crippen molar-refractivity contribution in [1.82, 2.24) is 9.80 Å². The van der Waals surface area contributed by atoms with Gasteiger partial charge in [0.05, 0.1) is 10.6 Å². The van der Waals surface area contributed by atoms with Crippen molar-refractivity contribution < 1.29 is 22.4 Å². The number of carbonyl (C=O) groups is 2. The van der Waals surface area contributed by atoms with Gasteiger partial charge in [-0.3, -0.25) is 13.9 Å². The molecular weight excluding hydrogens is 469 g/mol. The molecule has 0 aliphatic carbocycles. The average molecular weight is 496 g/mol. The first-order valence-electron chi connectivity index (χ1n) is 11.2. The molecule has 3 aromatic carbocycles. The van der Waals surface area contributed by atoms with Crippen molar-refractivity contribution in [1.29, 1.82) is 0 Å². The molecule has 0 radical (unpaired) electrons. The number of amides is 2. The molecule has 1 saturated heterocycles. The van der Waals surface area contributed by atoms with E-state index in [1.165, 1.54) is 29.6 Å². The minimum atomic E-state index is -3.73. The summed E-state index contributed by atoms with van der Waals surface area (Å²) in [7, 11) is -2.25. The largest absolute Gasteiger partial charge is 0.335 e. The summed E-state index contributed by atoms with van der Waals surface area (Å²) >= 11 is 0. The SMILES string of the molecule is Cc1ccc(S(=O)(=O)N(C)c2ccc(C(=O)N3CCN(C(=O)c4cccc(F)c4)CC3)cc2)cc1. The van der Waals surface area contributed by atoms with Crippen molar-refractivity contribution in [3.05, 3.63) is 95.3 Å². The van der Waals surface area contributed by atoms with Gasteiger partial charge in [-0.25, -0.2) is 12.8 Å². The van der Waals surface area contributed by atoms with E-state index in [1.54, 1.807) is 64.4 Å². The van der Waals surface area contributed by atoms with Crippen LogP contribution in [0.15, 0.2) is 77.7 Å². The van der Waals surface area contributed by atoms with Gasteiger partial charge in [-0.2, -0.15) is 0 Å². The molecule has 0 saturated carbocycles. The Morgan fingerprint density at radius 1 is 0.800 bits per heavy atom. The molecule has 0 spiro atoms. The van der Waals surface area contributed by atoms with Crippen LogP contribution in [0.4, 0.5) is 10.1 Å². The van der Waals surface area contributed by atoms with Crippen molar-refractivity contribution >= 4 is 27.5 Å². The molecule has 0 atom stereocenters. The Morgan fingerprint density at radius 3 is 1.89 bits per heavy atom. The molecule has 0 N–H and O–H groups in total. The number of anilines is 1. The fourth-order valence-corrected chi connectivity index (χ4v) is 5.12. The minimum absolute atomic E-state index is 0.191. The highest BCUT2D eigenvalue weighted by atomic mass is 32.2. The maximum Gasteiger partial charge on any atom is 0.264 e. The van der Waals surface area contributed by atoms with Gasteiger partial charge in [0.25, 0.3) is 21.8 Å². The molecule has 1 fully saturated rings. The van der Waals surface area contributed by atoms with Crippen LogP contribution >= 0.6 is 0 Å². The summed E-state index contributed by atoms with van der Waals surface area (Å²) in [5.74, 6) is -0.928. The number of hydrogen-bond donors (Lipinski definition) is 0. The zero-order valence-corrected chi connectivity index (χ0v) is 20.3. The van der Waals surface area contributed by atoms with Crippen molar-refractivity contribution in [3.63, 3.8) is 0 Å². The number of sulfonamides is 1. The first kappa shape index (κ1) is 24.4. The van der Waals surface area contributed by atoms with Crippen LogP contribution in [0.25, 0.3) is 0 Å². The summed E-state index contributed by atoms with van der Waals surface area (Å²) < 4.78 is 40.4. The number of piperazine rings is 1. The standard InChI is InChI=1S/C26H26FN3O4S/c1-19-6-12-24(13-7-19)35(33,34)28(2)23-10-8-20(9-11-23)25(31)29-14-16-30(17-15-29)26(32)21-4-3-5-22(27)18-21/h3-13,18H,14-17H2,1-2H3. The van der Waals surface area contributed by atoms with E-state index in [4.69, 9.17) is 0 Å². The topological polar surface area (TPSA) is 78.0 Å². The van der Waals surface area contributed by atoms with E-state index < -0.39 is 15.8 Å². The molecule has 3 aromatic rings. The Morgan fingerprint density at radius 2 is 1.34 bits per heavy atom. The lowest BCUT2D eigenvalue weighted by atomic mass is 10.1. The quantitative estimate of drug-likeness (QED) is 0.542. The molecule has 1 aliphatic rings. The van der Waals surface area contributed by atoms with Gasteiger partial charge in [-0.05, 0) is 61.5 Å². The highest BCUT2D eigenvalue weighted by molar-refractivity contribution is 7.92. The van der Waals surface area contributed by atoms with E-state index in [0.29, 0.717) is 37.4 Å². The molecule has 1 heterocycles. The molecule has 2 amide bonds. The second-order valence-corrected chi connectivity index (χ2v) is 10.4. The number of benzene rings is 3. The van der Waals surface area contributed by atoms with Crippen molar-refractivity contribution in [2.45, 2.75) is 11.8 Å². The lowest BCUT2D eigenvalue weighted by Gasteiger charge is -2.35. The lowest BCUT2D eigenvalue weighted by Crippen LogP contribution is -2.50. The van der Waals surface area contributed by atoms with Gasteiger partial charge >= 0.3 is 0 Å². The monoisotopic (exact) mass is 495 g/mol. The third kappa shape index (κ3) is 5.19. The molecule has 1 aliphatic heterocycles. The zero-order valence-electron chi connectivity index (χ0n) is 19.5. The van der Waals surface area contributed by atoms with Crippen molar-refractivity contribution in [3.8, 4) is 0 Å². The maximum atomic E-state index is 13.4. The molecule has 4 rings (SSSR count). The Hall–Kier alpha value is -3.72. The van der Waals surface area contributed by atoms with Crippen molar-refractivity contribution in [2.75, 3.05) is 37.5 Å². The van der Waals surface area contributed by atoms with Crippen LogP contribution in [-0.2, 0) is 10.0 Å². The van der Waals surface area contributed by atoms with E-state index in [9.17, 15) is 22.4 Å². The molecule has 35 heavy (non-hydrogen) atoms. The van der Waals surface area contributed by atoms with E-state index in [-0.39, 0.29) is 22.3 Å². The number of aryl methyl sites for hydroxylation is 1. The van der Waals surface area contributed by atoms with Crippen LogP contribution < -0.4 is 4.31 Å². The van der Waals surface area contributed by atoms with Gasteiger partial charge in [-0.15, -0.1) is 0 Å². The normalized spacial score (nSPS) is 14.0. The first-order chi connectivity index (χ1) is 16.7. The summed E-state index contributed by atoms with van der Waals surface area (Å²) in [5, 5.41) is 0. The smallest absolute Gasteiger partial charge is 0.264 e. The summed E-state index contributed by atoms with van der Waals surface area (Å²) in [6, 6.07) is 18.6. The minimum Gasteiger partial charge on any atom is -0.335 e. The maximum absolute atomic E-state index is 13.4. The number of carbonyl (C=O) groups excluding carboxylic acids is 2. The molecule has 9 heteroatoms. The molecule has 7 nitrogen and oxygen atoms in total. The summed E-state index contributed by atoms with van der Waals surface area (Å²) in [4.78, 5) is 29.0. The van der Waals surface area contributed by atoms with Crippen LogP contribution in [0.2, 0.25) is 0 Å².